The summed E-state index contributed by atoms with van der Waals surface area (Å²) < 4.78 is 1.56. The van der Waals surface area contributed by atoms with Gasteiger partial charge in [0.1, 0.15) is 5.82 Å². The number of hydrogen-bond donors (Lipinski definition) is 1. The maximum absolute atomic E-state index is 10.9. The lowest BCUT2D eigenvalue weighted by Crippen LogP contribution is -2.32. The smallest absolute Gasteiger partial charge is 0.236 e. The molecule has 0 saturated heterocycles. The minimum Gasteiger partial charge on any atom is -0.368 e. The molecule has 2 N–H and O–H groups in total. The van der Waals surface area contributed by atoms with Gasteiger partial charge in [-0.25, -0.2) is 0 Å². The van der Waals surface area contributed by atoms with Gasteiger partial charge in [0.05, 0.1) is 17.8 Å². The first-order valence-corrected chi connectivity index (χ1v) is 4.45. The van der Waals surface area contributed by atoms with Crippen LogP contribution >= 0.6 is 0 Å². The van der Waals surface area contributed by atoms with Crippen LogP contribution in [0.25, 0.3) is 0 Å². The lowest BCUT2D eigenvalue weighted by molar-refractivity contribution is -0.116. The highest BCUT2D eigenvalue weighted by Gasteiger charge is 2.17. The molecule has 15 heavy (non-hydrogen) atoms. The highest BCUT2D eigenvalue weighted by molar-refractivity contribution is 5.87. The highest BCUT2D eigenvalue weighted by Crippen LogP contribution is 2.19. The summed E-state index contributed by atoms with van der Waals surface area (Å²) in [4.78, 5) is 23.2. The summed E-state index contributed by atoms with van der Waals surface area (Å²) in [6, 6.07) is 0. The van der Waals surface area contributed by atoms with Crippen LogP contribution in [0.5, 0.6) is 0 Å². The Morgan fingerprint density at radius 1 is 1.67 bits per heavy atom. The third kappa shape index (κ3) is 2.15. The minimum absolute atomic E-state index is 0.0554. The van der Waals surface area contributed by atoms with Crippen molar-refractivity contribution in [3.63, 3.8) is 0 Å². The molecule has 0 radical (unpaired) electrons. The monoisotopic (exact) mass is 210 g/mol. The molecule has 0 aliphatic heterocycles. The van der Waals surface area contributed by atoms with Gasteiger partial charge in [0.25, 0.3) is 0 Å². The number of carbonyl (C=O) groups excluding carboxylic acids is 2. The predicted molar refractivity (Wildman–Crippen MR) is 55.8 cm³/mol. The number of likely N-dealkylation sites (N-methyl/N-ethyl adjacent to an activating group) is 1. The largest absolute Gasteiger partial charge is 0.368 e. The molecule has 6 heteroatoms. The van der Waals surface area contributed by atoms with E-state index in [1.54, 1.807) is 30.6 Å². The van der Waals surface area contributed by atoms with Crippen molar-refractivity contribution in [3.05, 3.63) is 11.3 Å². The Morgan fingerprint density at radius 3 is 2.73 bits per heavy atom. The van der Waals surface area contributed by atoms with E-state index in [1.165, 1.54) is 0 Å². The first-order valence-electron chi connectivity index (χ1n) is 4.45. The van der Waals surface area contributed by atoms with Crippen LogP contribution in [0, 0.1) is 6.92 Å². The molecule has 82 valence electrons. The average Bonchev–Trinajstić information content (AvgIpc) is 2.38. The van der Waals surface area contributed by atoms with E-state index >= 15 is 0 Å². The molecule has 0 unspecified atom stereocenters. The third-order valence-electron chi connectivity index (χ3n) is 2.11. The normalized spacial score (nSPS) is 10.1. The Morgan fingerprint density at radius 2 is 2.27 bits per heavy atom. The van der Waals surface area contributed by atoms with Crippen LogP contribution in [0.15, 0.2) is 0 Å². The summed E-state index contributed by atoms with van der Waals surface area (Å²) in [6.07, 6.45) is 0.731. The van der Waals surface area contributed by atoms with Crippen LogP contribution in [0.3, 0.4) is 0 Å². The summed E-state index contributed by atoms with van der Waals surface area (Å²) in [6.45, 7) is 1.80. The van der Waals surface area contributed by atoms with Crippen LogP contribution in [0.4, 0.5) is 5.82 Å². The van der Waals surface area contributed by atoms with Crippen LogP contribution < -0.4 is 10.6 Å². The van der Waals surface area contributed by atoms with Gasteiger partial charge < -0.3 is 10.6 Å². The summed E-state index contributed by atoms with van der Waals surface area (Å²) in [5.41, 5.74) is 6.21. The molecular weight excluding hydrogens is 196 g/mol. The molecule has 0 aliphatic rings. The Labute approximate surface area is 87.7 Å². The molecule has 1 aromatic heterocycles. The SMILES string of the molecule is Cc1nn(C)c(N(C)CC(N)=O)c1C=O. The third-order valence-corrected chi connectivity index (χ3v) is 2.11. The van der Waals surface area contributed by atoms with Gasteiger partial charge in [-0.2, -0.15) is 5.10 Å². The Kier molecular flexibility index (Phi) is 3.08. The number of amides is 1. The van der Waals surface area contributed by atoms with Gasteiger partial charge in [-0.15, -0.1) is 0 Å². The second-order valence-corrected chi connectivity index (χ2v) is 3.39. The van der Waals surface area contributed by atoms with Crippen molar-refractivity contribution in [1.82, 2.24) is 9.78 Å². The second-order valence-electron chi connectivity index (χ2n) is 3.39. The fraction of sp³-hybridized carbons (Fsp3) is 0.444. The van der Waals surface area contributed by atoms with Gasteiger partial charge in [-0.3, -0.25) is 14.3 Å². The van der Waals surface area contributed by atoms with Gasteiger partial charge in [-0.1, -0.05) is 0 Å². The molecule has 0 saturated carbocycles. The fourth-order valence-corrected chi connectivity index (χ4v) is 1.56. The number of carbonyl (C=O) groups is 2. The number of aldehydes is 1. The van der Waals surface area contributed by atoms with E-state index in [9.17, 15) is 9.59 Å². The number of nitrogens with two attached hydrogens (primary N) is 1. The maximum atomic E-state index is 10.9. The van der Waals surface area contributed by atoms with Crippen molar-refractivity contribution in [1.29, 1.82) is 0 Å². The van der Waals surface area contributed by atoms with E-state index in [0.29, 0.717) is 17.1 Å². The molecule has 1 aromatic rings. The van der Waals surface area contributed by atoms with Crippen LogP contribution in [-0.2, 0) is 11.8 Å². The van der Waals surface area contributed by atoms with Gasteiger partial charge >= 0.3 is 0 Å². The zero-order valence-electron chi connectivity index (χ0n) is 9.02. The van der Waals surface area contributed by atoms with Gasteiger partial charge in [-0.05, 0) is 6.92 Å². The van der Waals surface area contributed by atoms with Crippen molar-refractivity contribution >= 4 is 18.0 Å². The minimum atomic E-state index is -0.451. The first-order chi connectivity index (χ1) is 6.97. The molecule has 1 heterocycles. The van der Waals surface area contributed by atoms with E-state index in [4.69, 9.17) is 5.73 Å². The van der Waals surface area contributed by atoms with E-state index in [-0.39, 0.29) is 6.54 Å². The van der Waals surface area contributed by atoms with Crippen molar-refractivity contribution in [2.45, 2.75) is 6.92 Å². The van der Waals surface area contributed by atoms with Gasteiger partial charge in [0, 0.05) is 14.1 Å². The molecule has 6 nitrogen and oxygen atoms in total. The quantitative estimate of drug-likeness (QED) is 0.677. The number of primary amides is 1. The summed E-state index contributed by atoms with van der Waals surface area (Å²) >= 11 is 0. The van der Waals surface area contributed by atoms with E-state index < -0.39 is 5.91 Å². The first kappa shape index (κ1) is 11.2. The van der Waals surface area contributed by atoms with Crippen LogP contribution in [0.1, 0.15) is 16.1 Å². The zero-order chi connectivity index (χ0) is 11.6. The van der Waals surface area contributed by atoms with Gasteiger partial charge in [0.15, 0.2) is 6.29 Å². The highest BCUT2D eigenvalue weighted by atomic mass is 16.1. The van der Waals surface area contributed by atoms with E-state index in [1.807, 2.05) is 0 Å². The van der Waals surface area contributed by atoms with Crippen molar-refractivity contribution in [3.8, 4) is 0 Å². The standard InChI is InChI=1S/C9H14N4O2/c1-6-7(5-14)9(13(3)11-6)12(2)4-8(10)15/h5H,4H2,1-3H3,(H2,10,15). The molecule has 0 bridgehead atoms. The second kappa shape index (κ2) is 4.12. The van der Waals surface area contributed by atoms with E-state index in [2.05, 4.69) is 5.10 Å². The summed E-state index contributed by atoms with van der Waals surface area (Å²) in [5.74, 6) is 0.148. The van der Waals surface area contributed by atoms with Crippen molar-refractivity contribution < 1.29 is 9.59 Å². The molecule has 0 aliphatic carbocycles. The Balaban J connectivity index is 3.11. The van der Waals surface area contributed by atoms with Gasteiger partial charge in [0.2, 0.25) is 5.91 Å². The number of anilines is 1. The molecule has 0 atom stereocenters. The molecular formula is C9H14N4O2. The lowest BCUT2D eigenvalue weighted by Gasteiger charge is -2.17. The number of aromatic nitrogens is 2. The Hall–Kier alpha value is -1.85. The summed E-state index contributed by atoms with van der Waals surface area (Å²) in [7, 11) is 3.40. The molecule has 0 aromatic carbocycles. The molecule has 1 amide bonds. The van der Waals surface area contributed by atoms with Crippen molar-refractivity contribution in [2.75, 3.05) is 18.5 Å². The number of aryl methyl sites for hydroxylation is 2. The predicted octanol–water partition coefficient (Wildman–Crippen LogP) is -0.537. The Bertz CT molecular complexity index is 397. The van der Waals surface area contributed by atoms with Crippen LogP contribution in [0.2, 0.25) is 0 Å². The molecule has 0 spiro atoms. The fourth-order valence-electron chi connectivity index (χ4n) is 1.56. The average molecular weight is 210 g/mol. The summed E-state index contributed by atoms with van der Waals surface area (Å²) in [5, 5.41) is 4.10. The zero-order valence-corrected chi connectivity index (χ0v) is 9.02. The molecule has 0 fully saturated rings. The number of rotatable bonds is 4. The number of nitrogens with zero attached hydrogens (tertiary/aromatic N) is 3. The maximum Gasteiger partial charge on any atom is 0.236 e. The topological polar surface area (TPSA) is 81.2 Å². The molecule has 1 rings (SSSR count). The lowest BCUT2D eigenvalue weighted by atomic mass is 10.2. The number of hydrogen-bond acceptors (Lipinski definition) is 4. The van der Waals surface area contributed by atoms with Crippen molar-refractivity contribution in [2.24, 2.45) is 12.8 Å². The van der Waals surface area contributed by atoms with E-state index in [0.717, 1.165) is 6.29 Å². The van der Waals surface area contributed by atoms with Crippen LogP contribution in [-0.4, -0.2) is 35.6 Å².